The van der Waals surface area contributed by atoms with E-state index < -0.39 is 18.4 Å². The molecule has 1 aliphatic rings. The number of aromatic nitrogens is 3. The SMILES string of the molecule is OC1(C(F)(F)F)CC(c2ccc(-c3cnn4cccnc34)cc2)=NO1. The van der Waals surface area contributed by atoms with Gasteiger partial charge in [-0.2, -0.15) is 18.3 Å². The molecule has 9 heteroatoms. The third-order valence-corrected chi connectivity index (χ3v) is 3.97. The topological polar surface area (TPSA) is 72.0 Å². The lowest BCUT2D eigenvalue weighted by atomic mass is 10.00. The number of benzene rings is 1. The van der Waals surface area contributed by atoms with Gasteiger partial charge in [-0.3, -0.25) is 0 Å². The number of nitrogens with zero attached hydrogens (tertiary/aromatic N) is 4. The summed E-state index contributed by atoms with van der Waals surface area (Å²) in [4.78, 5) is 8.49. The number of alkyl halides is 3. The van der Waals surface area contributed by atoms with Crippen LogP contribution in [0.1, 0.15) is 12.0 Å². The van der Waals surface area contributed by atoms with E-state index in [2.05, 4.69) is 20.1 Å². The van der Waals surface area contributed by atoms with Gasteiger partial charge in [-0.25, -0.2) is 9.50 Å². The van der Waals surface area contributed by atoms with Gasteiger partial charge < -0.3 is 9.94 Å². The molecule has 25 heavy (non-hydrogen) atoms. The molecule has 0 spiro atoms. The molecule has 3 heterocycles. The van der Waals surface area contributed by atoms with Crippen molar-refractivity contribution in [3.05, 3.63) is 54.5 Å². The number of aliphatic hydroxyl groups is 1. The summed E-state index contributed by atoms with van der Waals surface area (Å²) in [6, 6.07) is 8.45. The number of halogens is 3. The molecule has 1 aromatic carbocycles. The van der Waals surface area contributed by atoms with Gasteiger partial charge in [-0.15, -0.1) is 0 Å². The lowest BCUT2D eigenvalue weighted by Crippen LogP contribution is -2.45. The Bertz CT molecular complexity index is 965. The van der Waals surface area contributed by atoms with Crippen molar-refractivity contribution in [2.75, 3.05) is 0 Å². The van der Waals surface area contributed by atoms with E-state index in [-0.39, 0.29) is 5.71 Å². The molecule has 0 bridgehead atoms. The first-order chi connectivity index (χ1) is 11.9. The molecule has 2 aromatic heterocycles. The van der Waals surface area contributed by atoms with Crippen LogP contribution in [-0.4, -0.2) is 37.4 Å². The first-order valence-corrected chi connectivity index (χ1v) is 7.31. The summed E-state index contributed by atoms with van der Waals surface area (Å²) >= 11 is 0. The molecule has 4 rings (SSSR count). The van der Waals surface area contributed by atoms with E-state index in [1.807, 2.05) is 0 Å². The number of fused-ring (bicyclic) bond motifs is 1. The Kier molecular flexibility index (Phi) is 3.29. The van der Waals surface area contributed by atoms with Crippen LogP contribution in [0.25, 0.3) is 16.8 Å². The second-order valence-electron chi connectivity index (χ2n) is 5.61. The zero-order valence-corrected chi connectivity index (χ0v) is 12.6. The molecule has 6 nitrogen and oxygen atoms in total. The van der Waals surface area contributed by atoms with Crippen molar-refractivity contribution in [2.45, 2.75) is 18.4 Å². The molecule has 1 atom stereocenters. The van der Waals surface area contributed by atoms with Gasteiger partial charge in [0.05, 0.1) is 18.3 Å². The van der Waals surface area contributed by atoms with Gasteiger partial charge >= 0.3 is 12.0 Å². The highest BCUT2D eigenvalue weighted by molar-refractivity contribution is 6.02. The number of hydrogen-bond acceptors (Lipinski definition) is 5. The highest BCUT2D eigenvalue weighted by Crippen LogP contribution is 2.39. The van der Waals surface area contributed by atoms with Crippen molar-refractivity contribution in [3.63, 3.8) is 0 Å². The van der Waals surface area contributed by atoms with Crippen molar-refractivity contribution in [1.29, 1.82) is 0 Å². The van der Waals surface area contributed by atoms with Crippen LogP contribution in [0, 0.1) is 0 Å². The molecule has 0 fully saturated rings. The Hall–Kier alpha value is -2.94. The van der Waals surface area contributed by atoms with Gasteiger partial charge in [0.15, 0.2) is 5.65 Å². The molecule has 0 amide bonds. The zero-order valence-electron chi connectivity index (χ0n) is 12.6. The molecule has 1 aliphatic heterocycles. The van der Waals surface area contributed by atoms with Gasteiger partial charge in [0.1, 0.15) is 0 Å². The molecule has 1 unspecified atom stereocenters. The van der Waals surface area contributed by atoms with E-state index in [0.717, 1.165) is 11.1 Å². The zero-order chi connectivity index (χ0) is 17.7. The number of rotatable bonds is 2. The van der Waals surface area contributed by atoms with E-state index in [1.165, 1.54) is 0 Å². The van der Waals surface area contributed by atoms with E-state index in [9.17, 15) is 18.3 Å². The Labute approximate surface area is 139 Å². The maximum absolute atomic E-state index is 12.8. The first kappa shape index (κ1) is 15.6. The van der Waals surface area contributed by atoms with Crippen molar-refractivity contribution >= 4 is 11.4 Å². The van der Waals surface area contributed by atoms with Gasteiger partial charge in [-0.05, 0) is 17.2 Å². The van der Waals surface area contributed by atoms with Crippen LogP contribution in [0.5, 0.6) is 0 Å². The van der Waals surface area contributed by atoms with Gasteiger partial charge in [0, 0.05) is 18.0 Å². The average molecular weight is 348 g/mol. The van der Waals surface area contributed by atoms with Crippen molar-refractivity contribution in [2.24, 2.45) is 5.16 Å². The predicted molar refractivity (Wildman–Crippen MR) is 81.7 cm³/mol. The highest BCUT2D eigenvalue weighted by Gasteiger charge is 2.60. The summed E-state index contributed by atoms with van der Waals surface area (Å²) in [5.74, 6) is -3.27. The summed E-state index contributed by atoms with van der Waals surface area (Å²) in [5.41, 5.74) is 2.74. The van der Waals surface area contributed by atoms with Crippen molar-refractivity contribution in [1.82, 2.24) is 14.6 Å². The fourth-order valence-corrected chi connectivity index (χ4v) is 2.60. The Morgan fingerprint density at radius 2 is 1.88 bits per heavy atom. The van der Waals surface area contributed by atoms with E-state index >= 15 is 0 Å². The summed E-state index contributed by atoms with van der Waals surface area (Å²) < 4.78 is 39.9. The third kappa shape index (κ3) is 2.52. The average Bonchev–Trinajstić information content (AvgIpc) is 3.19. The quantitative estimate of drug-likeness (QED) is 0.773. The minimum absolute atomic E-state index is 0.0318. The minimum Gasteiger partial charge on any atom is -0.350 e. The van der Waals surface area contributed by atoms with Crippen molar-refractivity contribution in [3.8, 4) is 11.1 Å². The molecular formula is C16H11F3N4O2. The standard InChI is InChI=1S/C16H11F3N4O2/c17-16(18,19)15(24)8-13(22-25-15)11-4-2-10(3-5-11)12-9-21-23-7-1-6-20-14(12)23/h1-7,9,24H,8H2. The van der Waals surface area contributed by atoms with Gasteiger partial charge in [0.2, 0.25) is 0 Å². The molecule has 0 saturated heterocycles. The molecule has 3 aromatic rings. The van der Waals surface area contributed by atoms with E-state index in [4.69, 9.17) is 0 Å². The molecule has 0 saturated carbocycles. The van der Waals surface area contributed by atoms with Crippen LogP contribution in [0.4, 0.5) is 13.2 Å². The van der Waals surface area contributed by atoms with E-state index in [1.54, 1.807) is 53.4 Å². The summed E-state index contributed by atoms with van der Waals surface area (Å²) in [6.07, 6.45) is -0.592. The third-order valence-electron chi connectivity index (χ3n) is 3.97. The van der Waals surface area contributed by atoms with Crippen LogP contribution in [0.15, 0.2) is 54.1 Å². The molecular weight excluding hydrogens is 337 g/mol. The lowest BCUT2D eigenvalue weighted by molar-refractivity contribution is -0.355. The maximum atomic E-state index is 12.8. The molecule has 128 valence electrons. The second kappa shape index (κ2) is 5.28. The van der Waals surface area contributed by atoms with E-state index in [0.29, 0.717) is 11.2 Å². The van der Waals surface area contributed by atoms with Gasteiger partial charge in [-0.1, -0.05) is 29.4 Å². The Morgan fingerprint density at radius 3 is 2.56 bits per heavy atom. The molecule has 0 radical (unpaired) electrons. The fourth-order valence-electron chi connectivity index (χ4n) is 2.60. The monoisotopic (exact) mass is 348 g/mol. The van der Waals surface area contributed by atoms with Crippen LogP contribution >= 0.6 is 0 Å². The minimum atomic E-state index is -4.92. The largest absolute Gasteiger partial charge is 0.458 e. The normalized spacial score (nSPS) is 20.6. The lowest BCUT2D eigenvalue weighted by Gasteiger charge is -2.22. The molecule has 0 aliphatic carbocycles. The molecule has 1 N–H and O–H groups in total. The number of oxime groups is 1. The van der Waals surface area contributed by atoms with Gasteiger partial charge in [0.25, 0.3) is 0 Å². The summed E-state index contributed by atoms with van der Waals surface area (Å²) in [6.45, 7) is 0. The smallest absolute Gasteiger partial charge is 0.350 e. The fraction of sp³-hybridized carbons (Fsp3) is 0.188. The summed E-state index contributed by atoms with van der Waals surface area (Å²) in [7, 11) is 0. The predicted octanol–water partition coefficient (Wildman–Crippen LogP) is 2.77. The van der Waals surface area contributed by atoms with Crippen LogP contribution in [0.2, 0.25) is 0 Å². The second-order valence-corrected chi connectivity index (χ2v) is 5.61. The summed E-state index contributed by atoms with van der Waals surface area (Å²) in [5, 5.41) is 17.1. The van der Waals surface area contributed by atoms with Crippen molar-refractivity contribution < 1.29 is 23.1 Å². The first-order valence-electron chi connectivity index (χ1n) is 7.31. The van der Waals surface area contributed by atoms with Crippen LogP contribution < -0.4 is 0 Å². The Balaban J connectivity index is 1.61. The van der Waals surface area contributed by atoms with Crippen LogP contribution in [0.3, 0.4) is 0 Å². The number of hydrogen-bond donors (Lipinski definition) is 1. The Morgan fingerprint density at radius 1 is 1.16 bits per heavy atom. The maximum Gasteiger partial charge on any atom is 0.458 e. The van der Waals surface area contributed by atoms with Crippen LogP contribution in [-0.2, 0) is 4.84 Å². The highest BCUT2D eigenvalue weighted by atomic mass is 19.4.